The average Bonchev–Trinajstić information content (AvgIpc) is 2.96. The number of nitrogens with one attached hydrogen (secondary N) is 2. The fourth-order valence-corrected chi connectivity index (χ4v) is 4.57. The maximum Gasteiger partial charge on any atom is 0.249 e. The van der Waals surface area contributed by atoms with E-state index in [4.69, 9.17) is 18.9 Å². The number of rotatable bonds is 10. The van der Waals surface area contributed by atoms with Gasteiger partial charge in [-0.25, -0.2) is 0 Å². The highest BCUT2D eigenvalue weighted by molar-refractivity contribution is 5.82. The SMILES string of the molecule is COc1ccc(C2OCC(C)(C)[C@H](C(=O)NCCC(O)C(=O)NCc3ccc(N4CCOCC4)cc3)O2)cc1. The van der Waals surface area contributed by atoms with Crippen molar-refractivity contribution in [2.24, 2.45) is 5.41 Å². The van der Waals surface area contributed by atoms with Gasteiger partial charge < -0.3 is 39.6 Å². The van der Waals surface area contributed by atoms with E-state index in [9.17, 15) is 14.7 Å². The quantitative estimate of drug-likeness (QED) is 0.419. The minimum atomic E-state index is -1.24. The lowest BCUT2D eigenvalue weighted by Crippen LogP contribution is -2.52. The van der Waals surface area contributed by atoms with Crippen LogP contribution in [-0.4, -0.2) is 75.7 Å². The molecule has 2 saturated heterocycles. The molecule has 2 heterocycles. The molecule has 212 valence electrons. The van der Waals surface area contributed by atoms with E-state index in [1.54, 1.807) is 7.11 Å². The standard InChI is InChI=1S/C29H39N3O7/c1-29(2)19-38-28(21-6-10-23(36-3)11-7-21)39-25(29)27(35)30-13-12-24(33)26(34)31-18-20-4-8-22(9-5-20)32-14-16-37-17-15-32/h4-11,24-25,28,33H,12-19H2,1-3H3,(H,30,35)(H,31,34)/t24?,25-,28?/m0/s1. The van der Waals surface area contributed by atoms with Gasteiger partial charge in [-0.3, -0.25) is 9.59 Å². The smallest absolute Gasteiger partial charge is 0.249 e. The Hall–Kier alpha value is -3.18. The molecule has 0 radical (unpaired) electrons. The van der Waals surface area contributed by atoms with Crippen molar-refractivity contribution in [3.05, 3.63) is 59.7 Å². The van der Waals surface area contributed by atoms with E-state index in [0.717, 1.165) is 43.1 Å². The maximum absolute atomic E-state index is 13.0. The Bertz CT molecular complexity index is 1090. The molecule has 10 nitrogen and oxygen atoms in total. The van der Waals surface area contributed by atoms with E-state index in [0.29, 0.717) is 18.9 Å². The summed E-state index contributed by atoms with van der Waals surface area (Å²) in [6.07, 6.45) is -2.60. The first kappa shape index (κ1) is 28.8. The monoisotopic (exact) mass is 541 g/mol. The van der Waals surface area contributed by atoms with Crippen LogP contribution < -0.4 is 20.3 Å². The van der Waals surface area contributed by atoms with Crippen LogP contribution in [0.15, 0.2) is 48.5 Å². The number of carbonyl (C=O) groups excluding carboxylic acids is 2. The molecule has 10 heteroatoms. The zero-order valence-corrected chi connectivity index (χ0v) is 22.9. The number of benzene rings is 2. The molecule has 2 unspecified atom stereocenters. The second-order valence-corrected chi connectivity index (χ2v) is 10.5. The predicted molar refractivity (Wildman–Crippen MR) is 145 cm³/mol. The molecular weight excluding hydrogens is 502 g/mol. The minimum Gasteiger partial charge on any atom is -0.497 e. The van der Waals surface area contributed by atoms with Crippen LogP contribution in [0.25, 0.3) is 0 Å². The first-order chi connectivity index (χ1) is 18.8. The average molecular weight is 542 g/mol. The van der Waals surface area contributed by atoms with Crippen molar-refractivity contribution < 1.29 is 33.6 Å². The number of ether oxygens (including phenoxy) is 4. The van der Waals surface area contributed by atoms with Crippen LogP contribution in [0, 0.1) is 5.41 Å². The van der Waals surface area contributed by atoms with Crippen LogP contribution in [0.2, 0.25) is 0 Å². The zero-order chi connectivity index (χ0) is 27.8. The lowest BCUT2D eigenvalue weighted by atomic mass is 9.85. The molecule has 2 aromatic rings. The normalized spacial score (nSPS) is 21.6. The van der Waals surface area contributed by atoms with Crippen LogP contribution >= 0.6 is 0 Å². The fraction of sp³-hybridized carbons (Fsp3) is 0.517. The molecule has 2 aliphatic rings. The molecule has 0 aliphatic carbocycles. The van der Waals surface area contributed by atoms with Crippen molar-refractivity contribution in [1.82, 2.24) is 10.6 Å². The summed E-state index contributed by atoms with van der Waals surface area (Å²) in [7, 11) is 1.59. The van der Waals surface area contributed by atoms with Gasteiger partial charge in [0.2, 0.25) is 11.8 Å². The molecule has 2 amide bonds. The second kappa shape index (κ2) is 13.3. The van der Waals surface area contributed by atoms with Gasteiger partial charge in [0.25, 0.3) is 0 Å². The van der Waals surface area contributed by atoms with E-state index >= 15 is 0 Å². The highest BCUT2D eigenvalue weighted by atomic mass is 16.7. The Morgan fingerprint density at radius 3 is 2.44 bits per heavy atom. The van der Waals surface area contributed by atoms with E-state index < -0.39 is 29.8 Å². The minimum absolute atomic E-state index is 0.0824. The first-order valence-electron chi connectivity index (χ1n) is 13.3. The largest absolute Gasteiger partial charge is 0.497 e. The molecule has 3 N–H and O–H groups in total. The van der Waals surface area contributed by atoms with Crippen LogP contribution in [0.1, 0.15) is 37.7 Å². The summed E-state index contributed by atoms with van der Waals surface area (Å²) in [5.41, 5.74) is 2.29. The summed E-state index contributed by atoms with van der Waals surface area (Å²) in [5, 5.41) is 15.9. The van der Waals surface area contributed by atoms with Gasteiger partial charge in [0.05, 0.1) is 26.9 Å². The molecule has 3 atom stereocenters. The molecule has 0 spiro atoms. The third-order valence-corrected chi connectivity index (χ3v) is 7.00. The fourth-order valence-electron chi connectivity index (χ4n) is 4.57. The van der Waals surface area contributed by atoms with Gasteiger partial charge in [-0.15, -0.1) is 0 Å². The molecule has 0 aromatic heterocycles. The number of amides is 2. The van der Waals surface area contributed by atoms with Gasteiger partial charge in [-0.1, -0.05) is 38.1 Å². The van der Waals surface area contributed by atoms with Gasteiger partial charge >= 0.3 is 0 Å². The Morgan fingerprint density at radius 2 is 1.77 bits per heavy atom. The molecule has 0 saturated carbocycles. The van der Waals surface area contributed by atoms with Crippen molar-refractivity contribution in [1.29, 1.82) is 0 Å². The van der Waals surface area contributed by atoms with Gasteiger partial charge in [0.1, 0.15) is 18.0 Å². The topological polar surface area (TPSA) is 119 Å². The highest BCUT2D eigenvalue weighted by Gasteiger charge is 2.43. The third kappa shape index (κ3) is 7.69. The number of hydrogen-bond acceptors (Lipinski definition) is 8. The lowest BCUT2D eigenvalue weighted by molar-refractivity contribution is -0.258. The number of methoxy groups -OCH3 is 1. The lowest BCUT2D eigenvalue weighted by Gasteiger charge is -2.41. The van der Waals surface area contributed by atoms with Gasteiger partial charge in [-0.2, -0.15) is 0 Å². The Morgan fingerprint density at radius 1 is 1.08 bits per heavy atom. The highest BCUT2D eigenvalue weighted by Crippen LogP contribution is 2.37. The molecule has 2 aliphatic heterocycles. The number of hydrogen-bond donors (Lipinski definition) is 3. The second-order valence-electron chi connectivity index (χ2n) is 10.5. The summed E-state index contributed by atoms with van der Waals surface area (Å²) in [6.45, 7) is 7.74. The zero-order valence-electron chi connectivity index (χ0n) is 22.9. The number of anilines is 1. The van der Waals surface area contributed by atoms with Crippen LogP contribution in [0.4, 0.5) is 5.69 Å². The number of aliphatic hydroxyl groups is 1. The predicted octanol–water partition coefficient (Wildman–Crippen LogP) is 2.16. The first-order valence-corrected chi connectivity index (χ1v) is 13.3. The van der Waals surface area contributed by atoms with E-state index in [1.807, 2.05) is 62.4 Å². The van der Waals surface area contributed by atoms with Crippen molar-refractivity contribution in [2.45, 2.75) is 45.3 Å². The maximum atomic E-state index is 13.0. The molecule has 2 aromatic carbocycles. The Balaban J connectivity index is 1.21. The summed E-state index contributed by atoms with van der Waals surface area (Å²) in [6, 6.07) is 15.3. The van der Waals surface area contributed by atoms with Crippen LogP contribution in [0.5, 0.6) is 5.75 Å². The van der Waals surface area contributed by atoms with Crippen molar-refractivity contribution in [3.63, 3.8) is 0 Å². The van der Waals surface area contributed by atoms with Gasteiger partial charge in [0.15, 0.2) is 6.29 Å². The number of carbonyl (C=O) groups is 2. The molecule has 4 rings (SSSR count). The van der Waals surface area contributed by atoms with E-state index in [-0.39, 0.29) is 18.9 Å². The number of nitrogens with zero attached hydrogens (tertiary/aromatic N) is 1. The van der Waals surface area contributed by atoms with Crippen molar-refractivity contribution >= 4 is 17.5 Å². The van der Waals surface area contributed by atoms with Gasteiger partial charge in [-0.05, 0) is 36.2 Å². The summed E-state index contributed by atoms with van der Waals surface area (Å²) >= 11 is 0. The van der Waals surface area contributed by atoms with Crippen LogP contribution in [0.3, 0.4) is 0 Å². The number of aliphatic hydroxyl groups excluding tert-OH is 1. The van der Waals surface area contributed by atoms with Crippen molar-refractivity contribution in [2.75, 3.05) is 51.5 Å². The molecule has 2 fully saturated rings. The molecular formula is C29H39N3O7. The summed E-state index contributed by atoms with van der Waals surface area (Å²) in [4.78, 5) is 27.7. The summed E-state index contributed by atoms with van der Waals surface area (Å²) < 4.78 is 22.5. The van der Waals surface area contributed by atoms with Crippen LogP contribution in [-0.2, 0) is 30.3 Å². The number of morpholine rings is 1. The third-order valence-electron chi connectivity index (χ3n) is 7.00. The van der Waals surface area contributed by atoms with E-state index in [1.165, 1.54) is 0 Å². The van der Waals surface area contributed by atoms with E-state index in [2.05, 4.69) is 15.5 Å². The van der Waals surface area contributed by atoms with Gasteiger partial charge in [0, 0.05) is 42.8 Å². The Labute approximate surface area is 229 Å². The molecule has 0 bridgehead atoms. The Kier molecular flexibility index (Phi) is 9.79. The van der Waals surface area contributed by atoms with Crippen molar-refractivity contribution in [3.8, 4) is 5.75 Å². The molecule has 39 heavy (non-hydrogen) atoms. The summed E-state index contributed by atoms with van der Waals surface area (Å²) in [5.74, 6) is -0.0769.